The molecule has 1 fully saturated rings. The second-order valence-electron chi connectivity index (χ2n) is 5.71. The van der Waals surface area contributed by atoms with E-state index in [1.165, 1.54) is 0 Å². The summed E-state index contributed by atoms with van der Waals surface area (Å²) >= 11 is 0. The fourth-order valence-electron chi connectivity index (χ4n) is 2.80. The van der Waals surface area contributed by atoms with E-state index in [1.807, 2.05) is 13.0 Å². The van der Waals surface area contributed by atoms with Gasteiger partial charge in [0, 0.05) is 24.7 Å². The summed E-state index contributed by atoms with van der Waals surface area (Å²) in [5.74, 6) is 0.234. The van der Waals surface area contributed by atoms with Gasteiger partial charge in [0.1, 0.15) is 12.4 Å². The third-order valence-electron chi connectivity index (χ3n) is 3.95. The van der Waals surface area contributed by atoms with Crippen molar-refractivity contribution in [1.82, 2.24) is 15.1 Å². The van der Waals surface area contributed by atoms with E-state index >= 15 is 0 Å². The Kier molecular flexibility index (Phi) is 4.00. The molecule has 0 unspecified atom stereocenters. The molecule has 2 aromatic heterocycles. The van der Waals surface area contributed by atoms with Crippen LogP contribution < -0.4 is 0 Å². The molecular formula is C15H19N3O4. The molecule has 3 heterocycles. The standard InChI is InChI=1S/C15H19N3O4/c1-9-4-11(17-16-9)5-10-6-18(7-13(10)20)15(21)14-3-2-12(8-19)22-14/h2-4,10,13,19-20H,5-8H2,1H3,(H,16,17)/t10-,13+/m1/s1. The molecule has 0 spiro atoms. The largest absolute Gasteiger partial charge is 0.453 e. The summed E-state index contributed by atoms with van der Waals surface area (Å²) in [4.78, 5) is 13.9. The maximum Gasteiger partial charge on any atom is 0.289 e. The number of carbonyl (C=O) groups is 1. The number of aliphatic hydroxyl groups excluding tert-OH is 2. The number of aryl methyl sites for hydroxylation is 1. The fourth-order valence-corrected chi connectivity index (χ4v) is 2.80. The summed E-state index contributed by atoms with van der Waals surface area (Å²) < 4.78 is 5.26. The highest BCUT2D eigenvalue weighted by molar-refractivity contribution is 5.91. The van der Waals surface area contributed by atoms with Gasteiger partial charge in [-0.15, -0.1) is 0 Å². The third kappa shape index (κ3) is 2.90. The quantitative estimate of drug-likeness (QED) is 0.762. The van der Waals surface area contributed by atoms with Crippen molar-refractivity contribution in [3.8, 4) is 0 Å². The topological polar surface area (TPSA) is 103 Å². The molecule has 2 aromatic rings. The van der Waals surface area contributed by atoms with E-state index in [-0.39, 0.29) is 30.7 Å². The van der Waals surface area contributed by atoms with Crippen molar-refractivity contribution in [2.24, 2.45) is 5.92 Å². The fraction of sp³-hybridized carbons (Fsp3) is 0.467. The molecule has 118 valence electrons. The molecule has 3 rings (SSSR count). The number of aromatic amines is 1. The molecule has 0 aromatic carbocycles. The Labute approximate surface area is 127 Å². The Morgan fingerprint density at radius 2 is 2.32 bits per heavy atom. The number of hydrogen-bond acceptors (Lipinski definition) is 5. The smallest absolute Gasteiger partial charge is 0.289 e. The number of aromatic nitrogens is 2. The van der Waals surface area contributed by atoms with Crippen molar-refractivity contribution in [2.45, 2.75) is 26.1 Å². The van der Waals surface area contributed by atoms with Gasteiger partial charge in [0.05, 0.1) is 11.8 Å². The van der Waals surface area contributed by atoms with E-state index in [4.69, 9.17) is 9.52 Å². The second kappa shape index (κ2) is 5.94. The number of furan rings is 1. The Balaban J connectivity index is 1.65. The van der Waals surface area contributed by atoms with Crippen LogP contribution in [0.5, 0.6) is 0 Å². The highest BCUT2D eigenvalue weighted by Gasteiger charge is 2.35. The van der Waals surface area contributed by atoms with E-state index in [0.29, 0.717) is 18.7 Å². The van der Waals surface area contributed by atoms with Crippen molar-refractivity contribution < 1.29 is 19.4 Å². The van der Waals surface area contributed by atoms with Crippen LogP contribution in [-0.2, 0) is 13.0 Å². The predicted molar refractivity (Wildman–Crippen MR) is 77.1 cm³/mol. The number of likely N-dealkylation sites (tertiary alicyclic amines) is 1. The predicted octanol–water partition coefficient (Wildman–Crippen LogP) is 0.479. The molecule has 7 nitrogen and oxygen atoms in total. The van der Waals surface area contributed by atoms with E-state index in [0.717, 1.165) is 11.4 Å². The van der Waals surface area contributed by atoms with Crippen LogP contribution in [0.15, 0.2) is 22.6 Å². The molecule has 1 amide bonds. The minimum atomic E-state index is -0.576. The van der Waals surface area contributed by atoms with Crippen LogP contribution in [0.2, 0.25) is 0 Å². The van der Waals surface area contributed by atoms with E-state index in [2.05, 4.69) is 10.2 Å². The van der Waals surface area contributed by atoms with Gasteiger partial charge in [-0.2, -0.15) is 5.10 Å². The number of nitrogens with zero attached hydrogens (tertiary/aromatic N) is 2. The summed E-state index contributed by atoms with van der Waals surface area (Å²) in [5.41, 5.74) is 1.86. The van der Waals surface area contributed by atoms with Crippen LogP contribution in [-0.4, -0.2) is 50.4 Å². The van der Waals surface area contributed by atoms with Gasteiger partial charge in [0.2, 0.25) is 0 Å². The maximum absolute atomic E-state index is 12.3. The molecule has 1 saturated heterocycles. The third-order valence-corrected chi connectivity index (χ3v) is 3.95. The van der Waals surface area contributed by atoms with Gasteiger partial charge in [0.15, 0.2) is 5.76 Å². The average molecular weight is 305 g/mol. The Hall–Kier alpha value is -2.12. The summed E-state index contributed by atoms with van der Waals surface area (Å²) in [6, 6.07) is 5.06. The lowest BCUT2D eigenvalue weighted by Gasteiger charge is -2.14. The van der Waals surface area contributed by atoms with Crippen molar-refractivity contribution in [1.29, 1.82) is 0 Å². The number of β-amino-alcohol motifs (C(OH)–C–C–N with tert-alkyl or cyclic N) is 1. The molecule has 0 aliphatic carbocycles. The van der Waals surface area contributed by atoms with Crippen LogP contribution in [0.1, 0.15) is 27.7 Å². The molecule has 1 aliphatic rings. The summed E-state index contributed by atoms with van der Waals surface area (Å²) in [5, 5.41) is 26.2. The first-order chi connectivity index (χ1) is 10.6. The zero-order valence-corrected chi connectivity index (χ0v) is 12.3. The zero-order chi connectivity index (χ0) is 15.7. The number of aliphatic hydroxyl groups is 2. The number of amides is 1. The van der Waals surface area contributed by atoms with Gasteiger partial charge in [-0.1, -0.05) is 0 Å². The molecule has 1 aliphatic heterocycles. The van der Waals surface area contributed by atoms with Crippen LogP contribution in [0, 0.1) is 12.8 Å². The molecule has 22 heavy (non-hydrogen) atoms. The summed E-state index contributed by atoms with van der Waals surface area (Å²) in [6.07, 6.45) is 0.0447. The van der Waals surface area contributed by atoms with Crippen LogP contribution >= 0.6 is 0 Å². The lowest BCUT2D eigenvalue weighted by atomic mass is 10.0. The van der Waals surface area contributed by atoms with Crippen molar-refractivity contribution in [3.05, 3.63) is 41.1 Å². The second-order valence-corrected chi connectivity index (χ2v) is 5.71. The Bertz CT molecular complexity index is 663. The number of H-pyrrole nitrogens is 1. The van der Waals surface area contributed by atoms with E-state index in [9.17, 15) is 9.90 Å². The van der Waals surface area contributed by atoms with Crippen molar-refractivity contribution in [3.63, 3.8) is 0 Å². The lowest BCUT2D eigenvalue weighted by molar-refractivity contribution is 0.0729. The monoisotopic (exact) mass is 305 g/mol. The Morgan fingerprint density at radius 3 is 2.95 bits per heavy atom. The van der Waals surface area contributed by atoms with Gasteiger partial charge >= 0.3 is 0 Å². The molecule has 3 N–H and O–H groups in total. The SMILES string of the molecule is Cc1cc(C[C@@H]2CN(C(=O)c3ccc(CO)o3)C[C@@H]2O)n[nH]1. The average Bonchev–Trinajstić information content (AvgIpc) is 3.20. The highest BCUT2D eigenvalue weighted by atomic mass is 16.4. The van der Waals surface area contributed by atoms with Gasteiger partial charge in [0.25, 0.3) is 5.91 Å². The summed E-state index contributed by atoms with van der Waals surface area (Å²) in [6.45, 7) is 2.42. The molecule has 0 bridgehead atoms. The first kappa shape index (κ1) is 14.8. The molecule has 0 saturated carbocycles. The molecular weight excluding hydrogens is 286 g/mol. The normalized spacial score (nSPS) is 21.5. The highest BCUT2D eigenvalue weighted by Crippen LogP contribution is 2.23. The number of hydrogen-bond donors (Lipinski definition) is 3. The molecule has 0 radical (unpaired) electrons. The number of rotatable bonds is 4. The van der Waals surface area contributed by atoms with Crippen LogP contribution in [0.25, 0.3) is 0 Å². The first-order valence-corrected chi connectivity index (χ1v) is 7.24. The first-order valence-electron chi connectivity index (χ1n) is 7.24. The van der Waals surface area contributed by atoms with Crippen LogP contribution in [0.4, 0.5) is 0 Å². The number of carbonyl (C=O) groups excluding carboxylic acids is 1. The molecule has 7 heteroatoms. The number of nitrogens with one attached hydrogen (secondary N) is 1. The summed E-state index contributed by atoms with van der Waals surface area (Å²) in [7, 11) is 0. The van der Waals surface area contributed by atoms with Gasteiger partial charge in [-0.3, -0.25) is 9.89 Å². The molecule has 2 atom stereocenters. The van der Waals surface area contributed by atoms with Crippen molar-refractivity contribution in [2.75, 3.05) is 13.1 Å². The Morgan fingerprint density at radius 1 is 1.50 bits per heavy atom. The zero-order valence-electron chi connectivity index (χ0n) is 12.3. The maximum atomic E-state index is 12.3. The van der Waals surface area contributed by atoms with E-state index < -0.39 is 6.10 Å². The van der Waals surface area contributed by atoms with E-state index in [1.54, 1.807) is 17.0 Å². The van der Waals surface area contributed by atoms with Crippen LogP contribution in [0.3, 0.4) is 0 Å². The minimum Gasteiger partial charge on any atom is -0.453 e. The lowest BCUT2D eigenvalue weighted by Crippen LogP contribution is -2.29. The van der Waals surface area contributed by atoms with Gasteiger partial charge < -0.3 is 19.5 Å². The van der Waals surface area contributed by atoms with Gasteiger partial charge in [-0.05, 0) is 31.5 Å². The minimum absolute atomic E-state index is 0.0427. The van der Waals surface area contributed by atoms with Crippen molar-refractivity contribution >= 4 is 5.91 Å². The van der Waals surface area contributed by atoms with Gasteiger partial charge in [-0.25, -0.2) is 0 Å².